The molecule has 164 valence electrons. The highest BCUT2D eigenvalue weighted by atomic mass is 16.7. The van der Waals surface area contributed by atoms with E-state index in [-0.39, 0.29) is 24.5 Å². The number of esters is 1. The molecule has 0 radical (unpaired) electrons. The summed E-state index contributed by atoms with van der Waals surface area (Å²) in [5, 5.41) is 49.5. The Hall–Kier alpha value is -1.57. The molecule has 29 heavy (non-hydrogen) atoms. The van der Waals surface area contributed by atoms with Gasteiger partial charge in [0.05, 0.1) is 19.8 Å². The second-order valence-corrected chi connectivity index (χ2v) is 6.96. The second-order valence-electron chi connectivity index (χ2n) is 6.96. The fourth-order valence-corrected chi connectivity index (χ4v) is 3.39. The van der Waals surface area contributed by atoms with Gasteiger partial charge in [-0.25, -0.2) is 4.79 Å². The summed E-state index contributed by atoms with van der Waals surface area (Å²) < 4.78 is 27.1. The molecule has 0 aromatic carbocycles. The molecule has 3 rings (SSSR count). The van der Waals surface area contributed by atoms with E-state index in [2.05, 4.69) is 0 Å². The van der Waals surface area contributed by atoms with Crippen molar-refractivity contribution in [1.82, 2.24) is 0 Å². The Morgan fingerprint density at radius 1 is 1.21 bits per heavy atom. The lowest BCUT2D eigenvalue weighted by atomic mass is 9.99. The number of rotatable bonds is 6. The number of furan rings is 1. The highest BCUT2D eigenvalue weighted by Gasteiger charge is 2.48. The largest absolute Gasteiger partial charge is 0.463 e. The van der Waals surface area contributed by atoms with E-state index >= 15 is 0 Å². The zero-order valence-corrected chi connectivity index (χ0v) is 16.0. The lowest BCUT2D eigenvalue weighted by Gasteiger charge is -2.41. The smallest absolute Gasteiger partial charge is 0.341 e. The number of hydrogen-bond acceptors (Lipinski definition) is 11. The maximum atomic E-state index is 12.0. The van der Waals surface area contributed by atoms with Crippen molar-refractivity contribution in [2.24, 2.45) is 0 Å². The third-order valence-electron chi connectivity index (χ3n) is 4.98. The van der Waals surface area contributed by atoms with Crippen LogP contribution in [0.5, 0.6) is 0 Å². The minimum absolute atomic E-state index is 0.110. The van der Waals surface area contributed by atoms with Gasteiger partial charge in [-0.05, 0) is 19.9 Å². The average molecular weight is 418 g/mol. The number of ether oxygens (including phenoxy) is 4. The summed E-state index contributed by atoms with van der Waals surface area (Å²) in [6.07, 6.45) is -10.5. The van der Waals surface area contributed by atoms with E-state index in [1.54, 1.807) is 13.8 Å². The van der Waals surface area contributed by atoms with Crippen LogP contribution in [-0.2, 0) is 18.9 Å². The molecule has 0 saturated carbocycles. The Labute approximate surface area is 166 Å². The standard InChI is InChI=1S/C18H26O11/c1-3-25-17(24)8-4-10(27-7(8)2)16-15(9(20)6-26-16)29-18-14(23)13(22)12(21)11(5-19)28-18/h4,9,11-16,18-23H,3,5-6H2,1-2H3/t9-,11-,12+,13+,14-,15-,16+,18+/m1/s1. The first-order valence-corrected chi connectivity index (χ1v) is 9.31. The van der Waals surface area contributed by atoms with Crippen LogP contribution in [0.3, 0.4) is 0 Å². The van der Waals surface area contributed by atoms with E-state index in [0.29, 0.717) is 5.76 Å². The van der Waals surface area contributed by atoms with Crippen molar-refractivity contribution < 1.29 is 53.7 Å². The summed E-state index contributed by atoms with van der Waals surface area (Å²) in [6, 6.07) is 1.43. The number of carbonyl (C=O) groups is 1. The molecular weight excluding hydrogens is 392 g/mol. The van der Waals surface area contributed by atoms with Gasteiger partial charge in [0.2, 0.25) is 0 Å². The Kier molecular flexibility index (Phi) is 6.91. The summed E-state index contributed by atoms with van der Waals surface area (Å²) in [4.78, 5) is 12.0. The number of carbonyl (C=O) groups excluding carboxylic acids is 1. The van der Waals surface area contributed by atoms with E-state index < -0.39 is 61.6 Å². The number of aliphatic hydroxyl groups is 5. The van der Waals surface area contributed by atoms with Crippen molar-refractivity contribution in [2.45, 2.75) is 62.9 Å². The quantitative estimate of drug-likeness (QED) is 0.337. The highest BCUT2D eigenvalue weighted by molar-refractivity contribution is 5.90. The molecule has 2 aliphatic rings. The first kappa shape index (κ1) is 22.1. The van der Waals surface area contributed by atoms with Gasteiger partial charge in [-0.2, -0.15) is 0 Å². The first-order valence-electron chi connectivity index (χ1n) is 9.31. The van der Waals surface area contributed by atoms with Crippen LogP contribution in [0.2, 0.25) is 0 Å². The molecule has 1 aromatic rings. The minimum atomic E-state index is -1.63. The van der Waals surface area contributed by atoms with Gasteiger partial charge < -0.3 is 48.9 Å². The van der Waals surface area contributed by atoms with Crippen molar-refractivity contribution in [3.63, 3.8) is 0 Å². The predicted octanol–water partition coefficient (Wildman–Crippen LogP) is -1.62. The monoisotopic (exact) mass is 418 g/mol. The van der Waals surface area contributed by atoms with Crippen LogP contribution < -0.4 is 0 Å². The summed E-state index contributed by atoms with van der Waals surface area (Å²) in [6.45, 7) is 2.73. The predicted molar refractivity (Wildman–Crippen MR) is 92.7 cm³/mol. The SMILES string of the molecule is CCOC(=O)c1cc([C@@H]2OC[C@@H](O)[C@H]2O[C@@H]2O[C@H](CO)[C@H](O)[C@H](O)[C@H]2O)oc1C. The maximum absolute atomic E-state index is 12.0. The van der Waals surface area contributed by atoms with Gasteiger partial charge in [-0.15, -0.1) is 0 Å². The van der Waals surface area contributed by atoms with E-state index in [1.807, 2.05) is 0 Å². The van der Waals surface area contributed by atoms with Gasteiger partial charge in [0.15, 0.2) is 6.29 Å². The molecule has 0 amide bonds. The molecule has 0 bridgehead atoms. The van der Waals surface area contributed by atoms with Gasteiger partial charge in [-0.3, -0.25) is 0 Å². The normalized spacial score (nSPS) is 37.6. The topological polar surface area (TPSA) is 168 Å². The minimum Gasteiger partial charge on any atom is -0.463 e. The fourth-order valence-electron chi connectivity index (χ4n) is 3.39. The third kappa shape index (κ3) is 4.32. The second kappa shape index (κ2) is 9.06. The van der Waals surface area contributed by atoms with E-state index in [0.717, 1.165) is 0 Å². The number of aliphatic hydroxyl groups excluding tert-OH is 5. The summed E-state index contributed by atoms with van der Waals surface area (Å²) >= 11 is 0. The molecule has 1 aromatic heterocycles. The molecule has 11 heteroatoms. The molecule has 2 aliphatic heterocycles. The molecule has 3 heterocycles. The van der Waals surface area contributed by atoms with Gasteiger partial charge >= 0.3 is 5.97 Å². The van der Waals surface area contributed by atoms with Crippen LogP contribution in [0.1, 0.15) is 34.9 Å². The zero-order valence-electron chi connectivity index (χ0n) is 16.0. The van der Waals surface area contributed by atoms with Crippen molar-refractivity contribution >= 4 is 5.97 Å². The van der Waals surface area contributed by atoms with Crippen LogP contribution >= 0.6 is 0 Å². The molecule has 0 aliphatic carbocycles. The first-order chi connectivity index (χ1) is 13.8. The number of hydrogen-bond donors (Lipinski definition) is 5. The molecule has 8 atom stereocenters. The Morgan fingerprint density at radius 2 is 1.93 bits per heavy atom. The van der Waals surface area contributed by atoms with Crippen LogP contribution in [-0.4, -0.2) is 94.2 Å². The average Bonchev–Trinajstić information content (AvgIpc) is 3.25. The number of aryl methyl sites for hydroxylation is 1. The molecule has 11 nitrogen and oxygen atoms in total. The van der Waals surface area contributed by atoms with Crippen LogP contribution in [0.4, 0.5) is 0 Å². The maximum Gasteiger partial charge on any atom is 0.341 e. The van der Waals surface area contributed by atoms with Gasteiger partial charge in [0, 0.05) is 0 Å². The fraction of sp³-hybridized carbons (Fsp3) is 0.722. The van der Waals surface area contributed by atoms with Crippen LogP contribution in [0.15, 0.2) is 10.5 Å². The Balaban J connectivity index is 1.78. The molecular formula is C18H26O11. The Bertz CT molecular complexity index is 702. The lowest BCUT2D eigenvalue weighted by Crippen LogP contribution is -2.60. The molecule has 5 N–H and O–H groups in total. The third-order valence-corrected chi connectivity index (χ3v) is 4.98. The molecule has 0 unspecified atom stereocenters. The Morgan fingerprint density at radius 3 is 2.59 bits per heavy atom. The van der Waals surface area contributed by atoms with Crippen molar-refractivity contribution in [3.8, 4) is 0 Å². The lowest BCUT2D eigenvalue weighted by molar-refractivity contribution is -0.318. The summed E-state index contributed by atoms with van der Waals surface area (Å²) in [5.41, 5.74) is 0.207. The summed E-state index contributed by atoms with van der Waals surface area (Å²) in [7, 11) is 0. The van der Waals surface area contributed by atoms with Gasteiger partial charge in [0.1, 0.15) is 59.8 Å². The van der Waals surface area contributed by atoms with Crippen molar-refractivity contribution in [1.29, 1.82) is 0 Å². The van der Waals surface area contributed by atoms with Gasteiger partial charge in [-0.1, -0.05) is 0 Å². The molecule has 2 saturated heterocycles. The van der Waals surface area contributed by atoms with E-state index in [4.69, 9.17) is 23.4 Å². The highest BCUT2D eigenvalue weighted by Crippen LogP contribution is 2.36. The van der Waals surface area contributed by atoms with Crippen LogP contribution in [0, 0.1) is 6.92 Å². The van der Waals surface area contributed by atoms with E-state index in [1.165, 1.54) is 6.07 Å². The molecule has 0 spiro atoms. The van der Waals surface area contributed by atoms with Gasteiger partial charge in [0.25, 0.3) is 0 Å². The van der Waals surface area contributed by atoms with Crippen molar-refractivity contribution in [2.75, 3.05) is 19.8 Å². The zero-order chi connectivity index (χ0) is 21.3. The molecule has 2 fully saturated rings. The van der Waals surface area contributed by atoms with Crippen LogP contribution in [0.25, 0.3) is 0 Å². The van der Waals surface area contributed by atoms with Crippen molar-refractivity contribution in [3.05, 3.63) is 23.2 Å². The van der Waals surface area contributed by atoms with E-state index in [9.17, 15) is 30.3 Å². The summed E-state index contributed by atoms with van der Waals surface area (Å²) in [5.74, 6) is -0.0586.